The van der Waals surface area contributed by atoms with Crippen LogP contribution in [0.1, 0.15) is 73.9 Å². The first kappa shape index (κ1) is 31.3. The molecule has 8 heteroatoms. The summed E-state index contributed by atoms with van der Waals surface area (Å²) < 4.78 is 35.9. The third kappa shape index (κ3) is 5.42. The van der Waals surface area contributed by atoms with Crippen LogP contribution in [0.2, 0.25) is 0 Å². The number of primary amides is 1. The van der Waals surface area contributed by atoms with Crippen molar-refractivity contribution in [3.63, 3.8) is 0 Å². The molecular weight excluding hydrogens is 560 g/mol. The molecule has 0 saturated heterocycles. The van der Waals surface area contributed by atoms with Gasteiger partial charge in [-0.15, -0.1) is 13.2 Å². The van der Waals surface area contributed by atoms with Gasteiger partial charge in [-0.25, -0.2) is 8.42 Å². The third-order valence-electron chi connectivity index (χ3n) is 10.7. The molecule has 0 bridgehead atoms. The molecule has 3 N–H and O–H groups in total. The van der Waals surface area contributed by atoms with Gasteiger partial charge in [0.2, 0.25) is 5.91 Å². The summed E-state index contributed by atoms with van der Waals surface area (Å²) in [6.45, 7) is 12.9. The number of aryl methyl sites for hydroxylation is 1. The van der Waals surface area contributed by atoms with E-state index in [1.54, 1.807) is 30.4 Å². The van der Waals surface area contributed by atoms with Crippen LogP contribution in [0.15, 0.2) is 67.8 Å². The van der Waals surface area contributed by atoms with Gasteiger partial charge in [0.25, 0.3) is 0 Å². The molecule has 0 aromatic heterocycles. The van der Waals surface area contributed by atoms with Gasteiger partial charge in [0.05, 0.1) is 27.7 Å². The number of anilines is 1. The molecule has 1 heterocycles. The Labute approximate surface area is 256 Å². The van der Waals surface area contributed by atoms with Gasteiger partial charge in [-0.2, -0.15) is 0 Å². The molecule has 0 radical (unpaired) electrons. The molecule has 3 aliphatic rings. The molecule has 7 nitrogen and oxygen atoms in total. The summed E-state index contributed by atoms with van der Waals surface area (Å²) in [5.74, 6) is 0.199. The van der Waals surface area contributed by atoms with Crippen LogP contribution in [0.5, 0.6) is 5.75 Å². The maximum Gasteiger partial charge on any atom is 0.248 e. The molecule has 2 aromatic carbocycles. The van der Waals surface area contributed by atoms with Crippen LogP contribution in [-0.2, 0) is 21.7 Å². The van der Waals surface area contributed by atoms with E-state index in [-0.39, 0.29) is 17.9 Å². The van der Waals surface area contributed by atoms with Crippen LogP contribution < -0.4 is 15.4 Å². The summed E-state index contributed by atoms with van der Waals surface area (Å²) in [6, 6.07) is 13.4. The van der Waals surface area contributed by atoms with Gasteiger partial charge in [-0.05, 0) is 80.2 Å². The molecule has 1 fully saturated rings. The first-order valence-corrected chi connectivity index (χ1v) is 17.2. The zero-order chi connectivity index (χ0) is 31.0. The Morgan fingerprint density at radius 2 is 2.00 bits per heavy atom. The molecular formula is C35H46N2O5S. The number of nitrogens with zero attached hydrogens (tertiary/aromatic N) is 1. The fraction of sp³-hybridized carbons (Fsp3) is 0.514. The van der Waals surface area contributed by atoms with Crippen LogP contribution in [0.25, 0.3) is 0 Å². The van der Waals surface area contributed by atoms with Crippen LogP contribution >= 0.6 is 0 Å². The van der Waals surface area contributed by atoms with E-state index in [2.05, 4.69) is 37.1 Å². The van der Waals surface area contributed by atoms with Crippen molar-refractivity contribution in [2.75, 3.05) is 24.6 Å². The van der Waals surface area contributed by atoms with E-state index < -0.39 is 37.8 Å². The number of benzene rings is 2. The second kappa shape index (κ2) is 12.1. The second-order valence-corrected chi connectivity index (χ2v) is 15.4. The van der Waals surface area contributed by atoms with Crippen molar-refractivity contribution in [3.8, 4) is 5.75 Å². The number of nitrogens with two attached hydrogens (primary N) is 1. The smallest absolute Gasteiger partial charge is 0.248 e. The van der Waals surface area contributed by atoms with Crippen molar-refractivity contribution in [1.29, 1.82) is 0 Å². The molecule has 43 heavy (non-hydrogen) atoms. The number of rotatable bonds is 11. The largest absolute Gasteiger partial charge is 0.490 e. The highest BCUT2D eigenvalue weighted by Crippen LogP contribution is 2.52. The second-order valence-electron chi connectivity index (χ2n) is 13.0. The van der Waals surface area contributed by atoms with Gasteiger partial charge in [0.15, 0.2) is 9.84 Å². The van der Waals surface area contributed by atoms with Crippen LogP contribution in [-0.4, -0.2) is 55.7 Å². The zero-order valence-corrected chi connectivity index (χ0v) is 26.3. The van der Waals surface area contributed by atoms with E-state index >= 15 is 0 Å². The number of sulfone groups is 1. The quantitative estimate of drug-likeness (QED) is 0.334. The van der Waals surface area contributed by atoms with E-state index in [0.29, 0.717) is 56.5 Å². The van der Waals surface area contributed by atoms with Gasteiger partial charge in [0.1, 0.15) is 12.4 Å². The fourth-order valence-electron chi connectivity index (χ4n) is 7.84. The van der Waals surface area contributed by atoms with Crippen LogP contribution in [0.3, 0.4) is 0 Å². The van der Waals surface area contributed by atoms with Gasteiger partial charge in [-0.3, -0.25) is 4.79 Å². The number of aliphatic hydroxyl groups excluding tert-OH is 1. The minimum Gasteiger partial charge on any atom is -0.490 e. The zero-order valence-electron chi connectivity index (χ0n) is 25.5. The highest BCUT2D eigenvalue weighted by molar-refractivity contribution is 7.92. The predicted octanol–water partition coefficient (Wildman–Crippen LogP) is 5.36. The van der Waals surface area contributed by atoms with Crippen molar-refractivity contribution in [1.82, 2.24) is 0 Å². The fourth-order valence-corrected chi connectivity index (χ4v) is 10.6. The molecule has 6 atom stereocenters. The first-order valence-electron chi connectivity index (χ1n) is 15.6. The number of fused-ring (bicyclic) bond motifs is 3. The van der Waals surface area contributed by atoms with Crippen LogP contribution in [0, 0.1) is 11.3 Å². The summed E-state index contributed by atoms with van der Waals surface area (Å²) >= 11 is 0. The van der Waals surface area contributed by atoms with Crippen molar-refractivity contribution < 1.29 is 23.1 Å². The standard InChI is InChI=1S/C35H46N2O5S/c1-5-8-12-27(6-2)43(40,41)32-17-15-24-11-9-10-13-28(24)35(32)22-37(21-26-18-19-34(26,4)31(38)7-3)29-20-25(33(36)39)14-16-30(29)42-23-35/h5,7,9-11,13-14,16,20,26-27,31-32,38H,1,3,6,8,12,15,17-19,21-23H2,2,4H3,(H2,36,39)/t26-,27-,31+,32?,34+,35?/m1/s1. The van der Waals surface area contributed by atoms with E-state index in [9.17, 15) is 18.3 Å². The van der Waals surface area contributed by atoms with Crippen molar-refractivity contribution in [2.24, 2.45) is 17.1 Å². The topological polar surface area (TPSA) is 110 Å². The molecule has 1 saturated carbocycles. The van der Waals surface area contributed by atoms with Gasteiger partial charge >= 0.3 is 0 Å². The lowest BCUT2D eigenvalue weighted by atomic mass is 9.58. The molecule has 1 aliphatic heterocycles. The highest BCUT2D eigenvalue weighted by Gasteiger charge is 2.55. The lowest BCUT2D eigenvalue weighted by molar-refractivity contribution is -0.0466. The molecule has 1 spiro atoms. The number of carbonyl (C=O) groups is 1. The Morgan fingerprint density at radius 1 is 1.23 bits per heavy atom. The van der Waals surface area contributed by atoms with E-state index in [0.717, 1.165) is 29.7 Å². The van der Waals surface area contributed by atoms with E-state index in [4.69, 9.17) is 10.5 Å². The number of hydrogen-bond acceptors (Lipinski definition) is 6. The Morgan fingerprint density at radius 3 is 2.65 bits per heavy atom. The van der Waals surface area contributed by atoms with Crippen molar-refractivity contribution in [3.05, 3.63) is 84.5 Å². The van der Waals surface area contributed by atoms with Crippen LogP contribution in [0.4, 0.5) is 5.69 Å². The summed E-state index contributed by atoms with van der Waals surface area (Å²) in [4.78, 5) is 14.5. The van der Waals surface area contributed by atoms with E-state index in [1.165, 1.54) is 0 Å². The minimum absolute atomic E-state index is 0.130. The normalized spacial score (nSPS) is 27.9. The average Bonchev–Trinajstić information content (AvgIpc) is 3.16. The summed E-state index contributed by atoms with van der Waals surface area (Å²) in [6.07, 6.45) is 7.46. The summed E-state index contributed by atoms with van der Waals surface area (Å²) in [5, 5.41) is 9.75. The predicted molar refractivity (Wildman–Crippen MR) is 172 cm³/mol. The number of allylic oxidation sites excluding steroid dienone is 1. The average molecular weight is 607 g/mol. The lowest BCUT2D eigenvalue weighted by Gasteiger charge is -2.52. The minimum atomic E-state index is -3.59. The monoisotopic (exact) mass is 606 g/mol. The van der Waals surface area contributed by atoms with E-state index in [1.807, 2.05) is 19.1 Å². The number of hydrogen-bond donors (Lipinski definition) is 2. The summed E-state index contributed by atoms with van der Waals surface area (Å²) in [5.41, 5.74) is 7.78. The lowest BCUT2D eigenvalue weighted by Crippen LogP contribution is -2.59. The van der Waals surface area contributed by atoms with Gasteiger partial charge in [0, 0.05) is 24.1 Å². The molecule has 2 aliphatic carbocycles. The molecule has 1 amide bonds. The maximum absolute atomic E-state index is 14.6. The number of aliphatic hydroxyl groups is 1. The first-order chi connectivity index (χ1) is 20.5. The number of carbonyl (C=O) groups excluding carboxylic acids is 1. The maximum atomic E-state index is 14.6. The molecule has 2 aromatic rings. The number of ether oxygens (including phenoxy) is 1. The molecule has 232 valence electrons. The Balaban J connectivity index is 1.66. The summed E-state index contributed by atoms with van der Waals surface area (Å²) in [7, 11) is -3.59. The highest BCUT2D eigenvalue weighted by atomic mass is 32.2. The molecule has 5 rings (SSSR count). The third-order valence-corrected chi connectivity index (χ3v) is 13.7. The number of amides is 1. The Kier molecular flexibility index (Phi) is 8.83. The molecule has 2 unspecified atom stereocenters. The Bertz CT molecular complexity index is 1490. The van der Waals surface area contributed by atoms with Gasteiger partial charge in [-0.1, -0.05) is 50.3 Å². The van der Waals surface area contributed by atoms with Crippen molar-refractivity contribution >= 4 is 21.4 Å². The van der Waals surface area contributed by atoms with Gasteiger partial charge < -0.3 is 20.5 Å². The Hall–Kier alpha value is -3.10. The van der Waals surface area contributed by atoms with Crippen molar-refractivity contribution in [2.45, 2.75) is 80.8 Å². The SMILES string of the molecule is C=CCC[C@@H](CC)S(=O)(=O)C1CCc2ccccc2C12COc1ccc(C(N)=O)cc1N(C[C@H]1CC[C@]1(C)[C@@H](O)C=C)C2.